The predicted octanol–water partition coefficient (Wildman–Crippen LogP) is 3.25. The van der Waals surface area contributed by atoms with Crippen LogP contribution in [0.3, 0.4) is 0 Å². The van der Waals surface area contributed by atoms with E-state index in [9.17, 15) is 4.79 Å². The third-order valence-corrected chi connectivity index (χ3v) is 3.46. The number of carbonyl (C=O) groups is 1. The number of hydrogen-bond donors (Lipinski definition) is 1. The maximum Gasteiger partial charge on any atom is 0.304 e. The number of aryl methyl sites for hydroxylation is 1. The second-order valence-corrected chi connectivity index (χ2v) is 4.71. The molecule has 0 spiro atoms. The van der Waals surface area contributed by atoms with Crippen molar-refractivity contribution in [2.75, 3.05) is 7.11 Å². The zero-order valence-electron chi connectivity index (χ0n) is 11.5. The lowest BCUT2D eigenvalue weighted by Gasteiger charge is -2.13. The van der Waals surface area contributed by atoms with Crippen LogP contribution in [0.2, 0.25) is 0 Å². The molecule has 1 heterocycles. The Morgan fingerprint density at radius 2 is 2.21 bits per heavy atom. The van der Waals surface area contributed by atoms with Gasteiger partial charge in [0.2, 0.25) is 0 Å². The SMILES string of the molecule is CCn1c(C(C)CC(=O)O)cc2c(OC)cccc21. The molecule has 4 nitrogen and oxygen atoms in total. The van der Waals surface area contributed by atoms with Crippen LogP contribution in [0.5, 0.6) is 5.75 Å². The van der Waals surface area contributed by atoms with Crippen molar-refractivity contribution in [1.29, 1.82) is 0 Å². The Hall–Kier alpha value is -1.97. The molecular weight excluding hydrogens is 242 g/mol. The lowest BCUT2D eigenvalue weighted by Crippen LogP contribution is -2.08. The summed E-state index contributed by atoms with van der Waals surface area (Å²) < 4.78 is 7.53. The molecule has 2 aromatic rings. The largest absolute Gasteiger partial charge is 0.496 e. The minimum absolute atomic E-state index is 0.0189. The summed E-state index contributed by atoms with van der Waals surface area (Å²) in [5, 5.41) is 9.99. The summed E-state index contributed by atoms with van der Waals surface area (Å²) in [5.74, 6) is 0.0374. The third-order valence-electron chi connectivity index (χ3n) is 3.46. The Balaban J connectivity index is 2.58. The van der Waals surface area contributed by atoms with E-state index in [4.69, 9.17) is 9.84 Å². The predicted molar refractivity (Wildman–Crippen MR) is 74.8 cm³/mol. The van der Waals surface area contributed by atoms with Gasteiger partial charge >= 0.3 is 5.97 Å². The normalized spacial score (nSPS) is 12.6. The molecule has 0 saturated carbocycles. The molecule has 1 aromatic heterocycles. The highest BCUT2D eigenvalue weighted by atomic mass is 16.5. The number of ether oxygens (including phenoxy) is 1. The molecule has 1 N–H and O–H groups in total. The van der Waals surface area contributed by atoms with Gasteiger partial charge in [0, 0.05) is 23.5 Å². The Kier molecular flexibility index (Phi) is 3.79. The smallest absolute Gasteiger partial charge is 0.304 e. The summed E-state index contributed by atoms with van der Waals surface area (Å²) >= 11 is 0. The molecule has 1 unspecified atom stereocenters. The van der Waals surface area contributed by atoms with E-state index >= 15 is 0 Å². The van der Waals surface area contributed by atoms with Gasteiger partial charge in [-0.25, -0.2) is 0 Å². The summed E-state index contributed by atoms with van der Waals surface area (Å²) in [6.07, 6.45) is 0.138. The quantitative estimate of drug-likeness (QED) is 0.898. The Bertz CT molecular complexity index is 601. The Labute approximate surface area is 112 Å². The number of hydrogen-bond acceptors (Lipinski definition) is 2. The fraction of sp³-hybridized carbons (Fsp3) is 0.400. The van der Waals surface area contributed by atoms with Gasteiger partial charge in [0.05, 0.1) is 19.0 Å². The first kappa shape index (κ1) is 13.5. The van der Waals surface area contributed by atoms with Crippen LogP contribution in [0.4, 0.5) is 0 Å². The van der Waals surface area contributed by atoms with Gasteiger partial charge in [0.25, 0.3) is 0 Å². The monoisotopic (exact) mass is 261 g/mol. The standard InChI is InChI=1S/C15H19NO3/c1-4-16-12-6-5-7-14(19-3)11(12)9-13(16)10(2)8-15(17)18/h5-7,9-10H,4,8H2,1-3H3,(H,17,18). The van der Waals surface area contributed by atoms with Crippen LogP contribution in [0.15, 0.2) is 24.3 Å². The molecule has 102 valence electrons. The highest BCUT2D eigenvalue weighted by Gasteiger charge is 2.18. The summed E-state index contributed by atoms with van der Waals surface area (Å²) in [4.78, 5) is 10.9. The summed E-state index contributed by atoms with van der Waals surface area (Å²) in [6.45, 7) is 4.83. The van der Waals surface area contributed by atoms with Crippen molar-refractivity contribution in [3.63, 3.8) is 0 Å². The number of fused-ring (bicyclic) bond motifs is 1. The summed E-state index contributed by atoms with van der Waals surface area (Å²) in [6, 6.07) is 7.97. The van der Waals surface area contributed by atoms with Crippen molar-refractivity contribution in [1.82, 2.24) is 4.57 Å². The molecule has 19 heavy (non-hydrogen) atoms. The minimum atomic E-state index is -0.771. The van der Waals surface area contributed by atoms with E-state index < -0.39 is 5.97 Å². The summed E-state index contributed by atoms with van der Waals surface area (Å²) in [7, 11) is 1.65. The van der Waals surface area contributed by atoms with Crippen molar-refractivity contribution < 1.29 is 14.6 Å². The van der Waals surface area contributed by atoms with Gasteiger partial charge < -0.3 is 14.4 Å². The van der Waals surface area contributed by atoms with Crippen LogP contribution in [0.25, 0.3) is 10.9 Å². The molecule has 0 amide bonds. The number of nitrogens with zero attached hydrogens (tertiary/aromatic N) is 1. The minimum Gasteiger partial charge on any atom is -0.496 e. The molecule has 1 atom stereocenters. The Morgan fingerprint density at radius 3 is 2.79 bits per heavy atom. The van der Waals surface area contributed by atoms with Crippen molar-refractivity contribution >= 4 is 16.9 Å². The van der Waals surface area contributed by atoms with Gasteiger partial charge in [0.15, 0.2) is 0 Å². The first-order valence-electron chi connectivity index (χ1n) is 6.46. The van der Waals surface area contributed by atoms with Crippen LogP contribution in [-0.4, -0.2) is 22.8 Å². The molecule has 4 heteroatoms. The maximum absolute atomic E-state index is 10.9. The number of rotatable bonds is 5. The maximum atomic E-state index is 10.9. The lowest BCUT2D eigenvalue weighted by molar-refractivity contribution is -0.137. The van der Waals surface area contributed by atoms with E-state index in [-0.39, 0.29) is 12.3 Å². The van der Waals surface area contributed by atoms with Gasteiger partial charge in [-0.3, -0.25) is 4.79 Å². The topological polar surface area (TPSA) is 51.5 Å². The third kappa shape index (κ3) is 2.43. The molecule has 0 radical (unpaired) electrons. The molecule has 1 aromatic carbocycles. The number of carboxylic acids is 1. The molecule has 0 aliphatic rings. The van der Waals surface area contributed by atoms with E-state index in [2.05, 4.69) is 11.5 Å². The molecule has 0 fully saturated rings. The first-order chi connectivity index (χ1) is 9.08. The number of benzene rings is 1. The first-order valence-corrected chi connectivity index (χ1v) is 6.46. The molecule has 0 bridgehead atoms. The van der Waals surface area contributed by atoms with Crippen molar-refractivity contribution in [3.8, 4) is 5.75 Å². The van der Waals surface area contributed by atoms with Crippen molar-refractivity contribution in [2.45, 2.75) is 32.7 Å². The lowest BCUT2D eigenvalue weighted by atomic mass is 10.0. The molecule has 0 aliphatic carbocycles. The number of methoxy groups -OCH3 is 1. The second-order valence-electron chi connectivity index (χ2n) is 4.71. The van der Waals surface area contributed by atoms with Crippen molar-refractivity contribution in [3.05, 3.63) is 30.0 Å². The summed E-state index contributed by atoms with van der Waals surface area (Å²) in [5.41, 5.74) is 2.14. The number of aliphatic carboxylic acids is 1. The highest BCUT2D eigenvalue weighted by Crippen LogP contribution is 2.32. The van der Waals surface area contributed by atoms with Crippen LogP contribution in [0.1, 0.15) is 31.9 Å². The highest BCUT2D eigenvalue weighted by molar-refractivity contribution is 5.87. The van der Waals surface area contributed by atoms with E-state index in [1.54, 1.807) is 7.11 Å². The van der Waals surface area contributed by atoms with Crippen LogP contribution in [-0.2, 0) is 11.3 Å². The van der Waals surface area contributed by atoms with Crippen LogP contribution in [0, 0.1) is 0 Å². The van der Waals surface area contributed by atoms with Gasteiger partial charge in [-0.15, -0.1) is 0 Å². The van der Waals surface area contributed by atoms with Crippen LogP contribution < -0.4 is 4.74 Å². The molecular formula is C15H19NO3. The molecule has 0 aliphatic heterocycles. The van der Waals surface area contributed by atoms with E-state index in [0.29, 0.717) is 0 Å². The second kappa shape index (κ2) is 5.34. The Morgan fingerprint density at radius 1 is 1.47 bits per heavy atom. The van der Waals surface area contributed by atoms with Gasteiger partial charge in [0.1, 0.15) is 5.75 Å². The van der Waals surface area contributed by atoms with Gasteiger partial charge in [-0.05, 0) is 25.1 Å². The average molecular weight is 261 g/mol. The van der Waals surface area contributed by atoms with Gasteiger partial charge in [-0.2, -0.15) is 0 Å². The molecule has 0 saturated heterocycles. The number of carboxylic acid groups (broad SMARTS) is 1. The average Bonchev–Trinajstić information content (AvgIpc) is 2.76. The van der Waals surface area contributed by atoms with Crippen molar-refractivity contribution in [2.24, 2.45) is 0 Å². The molecule has 2 rings (SSSR count). The van der Waals surface area contributed by atoms with E-state index in [1.165, 1.54) is 0 Å². The van der Waals surface area contributed by atoms with E-state index in [0.717, 1.165) is 28.9 Å². The fourth-order valence-electron chi connectivity index (χ4n) is 2.58. The number of aromatic nitrogens is 1. The van der Waals surface area contributed by atoms with E-state index in [1.807, 2.05) is 31.2 Å². The van der Waals surface area contributed by atoms with Gasteiger partial charge in [-0.1, -0.05) is 13.0 Å². The fourth-order valence-corrected chi connectivity index (χ4v) is 2.58. The zero-order valence-corrected chi connectivity index (χ0v) is 11.5. The van der Waals surface area contributed by atoms with Crippen LogP contribution >= 0.6 is 0 Å². The zero-order chi connectivity index (χ0) is 14.0.